The fourth-order valence-electron chi connectivity index (χ4n) is 3.68. The number of hydrogen-bond acceptors (Lipinski definition) is 8. The molecule has 29 heavy (non-hydrogen) atoms. The van der Waals surface area contributed by atoms with Crippen molar-refractivity contribution in [1.82, 2.24) is 26.1 Å². The number of carbonyl (C=O) groups is 3. The van der Waals surface area contributed by atoms with Gasteiger partial charge in [-0.2, -0.15) is 13.5 Å². The molecule has 0 saturated carbocycles. The Bertz CT molecular complexity index is 756. The van der Waals surface area contributed by atoms with Crippen molar-refractivity contribution in [2.24, 2.45) is 0 Å². The second kappa shape index (κ2) is 8.79. The molecule has 3 fully saturated rings. The lowest BCUT2D eigenvalue weighted by molar-refractivity contribution is -0.139. The molecule has 3 saturated heterocycles. The number of fused-ring (bicyclic) bond motifs is 2. The first kappa shape index (κ1) is 21.7. The average Bonchev–Trinajstić information content (AvgIpc) is 3.24. The monoisotopic (exact) mass is 435 g/mol. The number of hydroxylamine groups is 3. The summed E-state index contributed by atoms with van der Waals surface area (Å²) in [5, 5.41) is 6.31. The zero-order valence-electron chi connectivity index (χ0n) is 15.9. The topological polar surface area (TPSA) is 167 Å². The quantitative estimate of drug-likeness (QED) is 0.256. The van der Waals surface area contributed by atoms with Gasteiger partial charge >= 0.3 is 16.4 Å². The van der Waals surface area contributed by atoms with Gasteiger partial charge in [-0.3, -0.25) is 19.0 Å². The van der Waals surface area contributed by atoms with Crippen LogP contribution in [0.1, 0.15) is 32.6 Å². The molecule has 13 nitrogen and oxygen atoms in total. The summed E-state index contributed by atoms with van der Waals surface area (Å²) in [6, 6.07) is -3.03. The van der Waals surface area contributed by atoms with Crippen molar-refractivity contribution in [2.75, 3.05) is 19.7 Å². The maximum absolute atomic E-state index is 12.6. The molecule has 164 valence electrons. The summed E-state index contributed by atoms with van der Waals surface area (Å²) < 4.78 is 34.9. The van der Waals surface area contributed by atoms with Crippen LogP contribution in [0.3, 0.4) is 0 Å². The lowest BCUT2D eigenvalue weighted by atomic mass is 10.00. The number of piperidine rings is 1. The zero-order chi connectivity index (χ0) is 21.2. The SMILES string of the molecule is C[C@H](NC(=O)[C@@H]1CC[C@H]2CN1C(=O)N2OS(=O)(=O)O)C(=O)NOC[C@@H]1CCCN1. The third kappa shape index (κ3) is 5.33. The summed E-state index contributed by atoms with van der Waals surface area (Å²) in [4.78, 5) is 43.3. The van der Waals surface area contributed by atoms with Gasteiger partial charge in [-0.15, -0.1) is 4.28 Å². The van der Waals surface area contributed by atoms with Gasteiger partial charge in [0.25, 0.3) is 5.91 Å². The Kier molecular flexibility index (Phi) is 6.58. The van der Waals surface area contributed by atoms with Gasteiger partial charge < -0.3 is 15.5 Å². The second-order valence-electron chi connectivity index (χ2n) is 7.31. The van der Waals surface area contributed by atoms with E-state index in [0.29, 0.717) is 18.1 Å². The Morgan fingerprint density at radius 2 is 2.10 bits per heavy atom. The van der Waals surface area contributed by atoms with Crippen molar-refractivity contribution in [3.8, 4) is 0 Å². The molecule has 3 aliphatic rings. The number of rotatable bonds is 8. The van der Waals surface area contributed by atoms with Gasteiger partial charge in [-0.25, -0.2) is 10.3 Å². The maximum Gasteiger partial charge on any atom is 0.418 e. The predicted octanol–water partition coefficient (Wildman–Crippen LogP) is -1.71. The van der Waals surface area contributed by atoms with E-state index in [1.54, 1.807) is 0 Å². The van der Waals surface area contributed by atoms with E-state index >= 15 is 0 Å². The lowest BCUT2D eigenvalue weighted by Crippen LogP contribution is -2.54. The minimum absolute atomic E-state index is 0.0739. The largest absolute Gasteiger partial charge is 0.418 e. The first-order valence-corrected chi connectivity index (χ1v) is 10.7. The average molecular weight is 435 g/mol. The molecule has 4 N–H and O–H groups in total. The van der Waals surface area contributed by atoms with Crippen molar-refractivity contribution in [2.45, 2.75) is 56.8 Å². The zero-order valence-corrected chi connectivity index (χ0v) is 16.7. The molecule has 0 aromatic rings. The number of urea groups is 1. The molecular formula is C15H25N5O8S. The Hall–Kier alpha value is -2.00. The summed E-state index contributed by atoms with van der Waals surface area (Å²) in [7, 11) is -4.86. The highest BCUT2D eigenvalue weighted by Gasteiger charge is 2.49. The summed E-state index contributed by atoms with van der Waals surface area (Å²) in [6.45, 7) is 2.79. The van der Waals surface area contributed by atoms with E-state index in [9.17, 15) is 22.8 Å². The van der Waals surface area contributed by atoms with Gasteiger partial charge in [0.15, 0.2) is 0 Å². The van der Waals surface area contributed by atoms with Crippen molar-refractivity contribution in [1.29, 1.82) is 0 Å². The first-order chi connectivity index (χ1) is 13.7. The Labute approximate surface area is 167 Å². The van der Waals surface area contributed by atoms with Gasteiger partial charge in [0.05, 0.1) is 12.6 Å². The number of hydrogen-bond donors (Lipinski definition) is 4. The highest BCUT2D eigenvalue weighted by molar-refractivity contribution is 7.80. The van der Waals surface area contributed by atoms with Crippen molar-refractivity contribution < 1.29 is 36.5 Å². The van der Waals surface area contributed by atoms with Crippen LogP contribution in [0.5, 0.6) is 0 Å². The lowest BCUT2D eigenvalue weighted by Gasteiger charge is -2.30. The third-order valence-electron chi connectivity index (χ3n) is 5.17. The molecule has 3 heterocycles. The Morgan fingerprint density at radius 1 is 1.34 bits per heavy atom. The summed E-state index contributed by atoms with van der Waals surface area (Å²) in [5.41, 5.74) is 2.30. The van der Waals surface area contributed by atoms with E-state index in [0.717, 1.165) is 24.3 Å². The van der Waals surface area contributed by atoms with Gasteiger partial charge in [0, 0.05) is 12.6 Å². The standard InChI is InChI=1S/C15H25N5O8S/c1-9(13(21)18-27-8-10-3-2-6-16-10)17-14(22)12-5-4-11-7-19(12)15(23)20(11)28-29(24,25)26/h9-12,16H,2-8H2,1H3,(H,17,22)(H,18,21)(H,24,25,26)/t9-,10-,11-,12-/m0/s1. The van der Waals surface area contributed by atoms with E-state index in [-0.39, 0.29) is 19.0 Å². The molecule has 2 bridgehead atoms. The maximum atomic E-state index is 12.6. The first-order valence-electron chi connectivity index (χ1n) is 9.38. The molecule has 0 aliphatic carbocycles. The Balaban J connectivity index is 1.48. The normalized spacial score (nSPS) is 27.8. The van der Waals surface area contributed by atoms with Gasteiger partial charge in [-0.1, -0.05) is 0 Å². The van der Waals surface area contributed by atoms with Crippen LogP contribution in [0.4, 0.5) is 4.79 Å². The van der Waals surface area contributed by atoms with Crippen LogP contribution in [-0.2, 0) is 29.1 Å². The molecule has 0 aromatic carbocycles. The molecule has 14 heteroatoms. The van der Waals surface area contributed by atoms with E-state index in [4.69, 9.17) is 9.39 Å². The van der Waals surface area contributed by atoms with Crippen molar-refractivity contribution in [3.63, 3.8) is 0 Å². The minimum Gasteiger partial charge on any atom is -0.343 e. The third-order valence-corrected chi connectivity index (χ3v) is 5.52. The van der Waals surface area contributed by atoms with Crippen LogP contribution in [0.25, 0.3) is 0 Å². The fourth-order valence-corrected chi connectivity index (χ4v) is 4.07. The molecular weight excluding hydrogens is 410 g/mol. The molecule has 0 aromatic heterocycles. The molecule has 4 amide bonds. The molecule has 0 unspecified atom stereocenters. The summed E-state index contributed by atoms with van der Waals surface area (Å²) in [5.74, 6) is -1.08. The van der Waals surface area contributed by atoms with Crippen molar-refractivity contribution in [3.05, 3.63) is 0 Å². The van der Waals surface area contributed by atoms with Crippen LogP contribution in [0.15, 0.2) is 0 Å². The number of carbonyl (C=O) groups excluding carboxylic acids is 3. The van der Waals surface area contributed by atoms with Crippen LogP contribution < -0.4 is 16.1 Å². The number of amides is 4. The molecule has 4 atom stereocenters. The van der Waals surface area contributed by atoms with Crippen molar-refractivity contribution >= 4 is 28.2 Å². The highest BCUT2D eigenvalue weighted by atomic mass is 32.3. The summed E-state index contributed by atoms with van der Waals surface area (Å²) >= 11 is 0. The van der Waals surface area contributed by atoms with Gasteiger partial charge in [0.1, 0.15) is 12.1 Å². The van der Waals surface area contributed by atoms with E-state index in [2.05, 4.69) is 20.4 Å². The predicted molar refractivity (Wildman–Crippen MR) is 96.1 cm³/mol. The van der Waals surface area contributed by atoms with Crippen LogP contribution in [0.2, 0.25) is 0 Å². The summed E-state index contributed by atoms with van der Waals surface area (Å²) in [6.07, 6.45) is 2.57. The second-order valence-corrected chi connectivity index (χ2v) is 8.32. The number of nitrogens with one attached hydrogen (secondary N) is 3. The molecule has 0 radical (unpaired) electrons. The van der Waals surface area contributed by atoms with Crippen LogP contribution in [0, 0.1) is 0 Å². The van der Waals surface area contributed by atoms with Crippen LogP contribution in [-0.4, -0.2) is 84.6 Å². The smallest absolute Gasteiger partial charge is 0.343 e. The number of nitrogens with zero attached hydrogens (tertiary/aromatic N) is 2. The molecule has 3 aliphatic heterocycles. The fraction of sp³-hybridized carbons (Fsp3) is 0.800. The highest BCUT2D eigenvalue weighted by Crippen LogP contribution is 2.30. The van der Waals surface area contributed by atoms with E-state index in [1.165, 1.54) is 6.92 Å². The van der Waals surface area contributed by atoms with E-state index in [1.807, 2.05) is 0 Å². The Morgan fingerprint density at radius 3 is 2.76 bits per heavy atom. The molecule has 3 rings (SSSR count). The molecule has 0 spiro atoms. The van der Waals surface area contributed by atoms with Crippen LogP contribution >= 0.6 is 0 Å². The minimum atomic E-state index is -4.86. The van der Waals surface area contributed by atoms with Gasteiger partial charge in [-0.05, 0) is 39.2 Å². The van der Waals surface area contributed by atoms with E-state index < -0.39 is 46.4 Å². The van der Waals surface area contributed by atoms with Gasteiger partial charge in [0.2, 0.25) is 5.91 Å².